The molecule has 4 atom stereocenters. The van der Waals surface area contributed by atoms with Gasteiger partial charge in [-0.1, -0.05) is 23.7 Å². The van der Waals surface area contributed by atoms with Crippen LogP contribution >= 0.6 is 11.6 Å². The number of nitrogens with one attached hydrogen (secondary N) is 4. The number of fused-ring (bicyclic) bond motifs is 1. The molecule has 2 aliphatic rings. The van der Waals surface area contributed by atoms with Gasteiger partial charge in [0.05, 0.1) is 6.10 Å². The number of piperidine rings is 1. The standard InChI is InChI=1S/C16H23ClN4O2/c1-23-14(10-3-2-4-11(17)7-10)9-19-16(22)15-12-8-18-6-5-13(12)20-21-15/h2-4,7,12-15,18,20-21H,5-6,8-9H2,1H3,(H,19,22). The number of halogens is 1. The minimum absolute atomic E-state index is 0.00206. The quantitative estimate of drug-likeness (QED) is 0.632. The Morgan fingerprint density at radius 3 is 3.13 bits per heavy atom. The van der Waals surface area contributed by atoms with Crippen LogP contribution < -0.4 is 21.5 Å². The fourth-order valence-corrected chi connectivity index (χ4v) is 3.52. The third-order valence-electron chi connectivity index (χ3n) is 4.63. The van der Waals surface area contributed by atoms with Crippen molar-refractivity contribution in [2.75, 3.05) is 26.7 Å². The van der Waals surface area contributed by atoms with Gasteiger partial charge in [0.25, 0.3) is 0 Å². The summed E-state index contributed by atoms with van der Waals surface area (Å²) in [5, 5.41) is 7.00. The van der Waals surface area contributed by atoms with Crippen LogP contribution in [0.5, 0.6) is 0 Å². The molecule has 3 rings (SSSR count). The molecule has 2 fully saturated rings. The van der Waals surface area contributed by atoms with Gasteiger partial charge in [-0.25, -0.2) is 5.43 Å². The molecule has 0 spiro atoms. The summed E-state index contributed by atoms with van der Waals surface area (Å²) in [5.74, 6) is 0.272. The number of hydrogen-bond acceptors (Lipinski definition) is 5. The maximum absolute atomic E-state index is 12.5. The second-order valence-electron chi connectivity index (χ2n) is 6.05. The Balaban J connectivity index is 1.57. The number of carbonyl (C=O) groups is 1. The van der Waals surface area contributed by atoms with Crippen LogP contribution in [-0.2, 0) is 9.53 Å². The highest BCUT2D eigenvalue weighted by Crippen LogP contribution is 2.22. The molecule has 0 saturated carbocycles. The van der Waals surface area contributed by atoms with Crippen molar-refractivity contribution in [2.45, 2.75) is 24.6 Å². The topological polar surface area (TPSA) is 74.4 Å². The van der Waals surface area contributed by atoms with E-state index >= 15 is 0 Å². The van der Waals surface area contributed by atoms with Crippen molar-refractivity contribution < 1.29 is 9.53 Å². The van der Waals surface area contributed by atoms with Crippen LogP contribution in [0.2, 0.25) is 5.02 Å². The molecule has 23 heavy (non-hydrogen) atoms. The number of methoxy groups -OCH3 is 1. The van der Waals surface area contributed by atoms with Crippen molar-refractivity contribution in [1.82, 2.24) is 21.5 Å². The molecular weight excluding hydrogens is 316 g/mol. The Morgan fingerprint density at radius 1 is 1.48 bits per heavy atom. The number of rotatable bonds is 5. The normalized spacial score (nSPS) is 28.2. The summed E-state index contributed by atoms with van der Waals surface area (Å²) in [6, 6.07) is 7.65. The van der Waals surface area contributed by atoms with Gasteiger partial charge in [0, 0.05) is 37.2 Å². The highest BCUT2D eigenvalue weighted by atomic mass is 35.5. The monoisotopic (exact) mass is 338 g/mol. The molecule has 6 nitrogen and oxygen atoms in total. The Hall–Kier alpha value is -1.18. The number of amides is 1. The molecule has 4 unspecified atom stereocenters. The molecule has 1 aromatic carbocycles. The lowest BCUT2D eigenvalue weighted by molar-refractivity contribution is -0.124. The van der Waals surface area contributed by atoms with Crippen LogP contribution in [0.15, 0.2) is 24.3 Å². The first kappa shape index (κ1) is 16.7. The lowest BCUT2D eigenvalue weighted by Crippen LogP contribution is -2.49. The van der Waals surface area contributed by atoms with Gasteiger partial charge in [-0.05, 0) is 30.7 Å². The molecule has 7 heteroatoms. The van der Waals surface area contributed by atoms with Gasteiger partial charge >= 0.3 is 0 Å². The number of hydrogen-bond donors (Lipinski definition) is 4. The maximum atomic E-state index is 12.5. The minimum atomic E-state index is -0.218. The highest BCUT2D eigenvalue weighted by molar-refractivity contribution is 6.30. The van der Waals surface area contributed by atoms with Crippen molar-refractivity contribution in [1.29, 1.82) is 0 Å². The third kappa shape index (κ3) is 3.84. The number of carbonyl (C=O) groups excluding carboxylic acids is 1. The maximum Gasteiger partial charge on any atom is 0.238 e. The molecule has 0 bridgehead atoms. The van der Waals surface area contributed by atoms with Crippen LogP contribution in [0.3, 0.4) is 0 Å². The van der Waals surface area contributed by atoms with Gasteiger partial charge in [-0.15, -0.1) is 0 Å². The predicted octanol–water partition coefficient (Wildman–Crippen LogP) is 0.598. The van der Waals surface area contributed by atoms with E-state index in [9.17, 15) is 4.79 Å². The van der Waals surface area contributed by atoms with Gasteiger partial charge < -0.3 is 15.4 Å². The molecule has 0 aromatic heterocycles. The SMILES string of the molecule is COC(CNC(=O)C1NNC2CCNCC21)c1cccc(Cl)c1. The molecule has 0 aliphatic carbocycles. The van der Waals surface area contributed by atoms with E-state index in [1.807, 2.05) is 24.3 Å². The Labute approximate surface area is 141 Å². The molecular formula is C16H23ClN4O2. The van der Waals surface area contributed by atoms with E-state index in [2.05, 4.69) is 21.5 Å². The smallest absolute Gasteiger partial charge is 0.238 e. The zero-order valence-corrected chi connectivity index (χ0v) is 13.9. The van der Waals surface area contributed by atoms with Crippen LogP contribution in [-0.4, -0.2) is 44.7 Å². The van der Waals surface area contributed by atoms with Crippen molar-refractivity contribution in [2.24, 2.45) is 5.92 Å². The Morgan fingerprint density at radius 2 is 2.35 bits per heavy atom. The van der Waals surface area contributed by atoms with Crippen LogP contribution in [0, 0.1) is 5.92 Å². The summed E-state index contributed by atoms with van der Waals surface area (Å²) in [6.07, 6.45) is 0.817. The molecule has 4 N–H and O–H groups in total. The van der Waals surface area contributed by atoms with Gasteiger partial charge in [0.2, 0.25) is 5.91 Å². The van der Waals surface area contributed by atoms with Crippen molar-refractivity contribution in [3.8, 4) is 0 Å². The average molecular weight is 339 g/mol. The largest absolute Gasteiger partial charge is 0.375 e. The molecule has 2 saturated heterocycles. The summed E-state index contributed by atoms with van der Waals surface area (Å²) in [7, 11) is 1.63. The molecule has 2 aliphatic heterocycles. The first-order chi connectivity index (χ1) is 11.2. The fourth-order valence-electron chi connectivity index (χ4n) is 3.32. The Kier molecular flexibility index (Phi) is 5.50. The number of benzene rings is 1. The van der Waals surface area contributed by atoms with E-state index in [1.165, 1.54) is 0 Å². The van der Waals surface area contributed by atoms with Crippen molar-refractivity contribution in [3.05, 3.63) is 34.9 Å². The summed E-state index contributed by atoms with van der Waals surface area (Å²) in [5.41, 5.74) is 7.31. The second-order valence-corrected chi connectivity index (χ2v) is 6.49. The predicted molar refractivity (Wildman–Crippen MR) is 89.0 cm³/mol. The van der Waals surface area contributed by atoms with Crippen molar-refractivity contribution in [3.63, 3.8) is 0 Å². The summed E-state index contributed by atoms with van der Waals surface area (Å²) < 4.78 is 5.49. The van der Waals surface area contributed by atoms with E-state index in [0.29, 0.717) is 17.6 Å². The zero-order chi connectivity index (χ0) is 16.2. The van der Waals surface area contributed by atoms with E-state index in [0.717, 1.165) is 25.1 Å². The van der Waals surface area contributed by atoms with Crippen LogP contribution in [0.25, 0.3) is 0 Å². The lowest BCUT2D eigenvalue weighted by atomic mass is 9.89. The zero-order valence-electron chi connectivity index (χ0n) is 13.1. The molecule has 2 heterocycles. The minimum Gasteiger partial charge on any atom is -0.375 e. The van der Waals surface area contributed by atoms with E-state index in [-0.39, 0.29) is 24.0 Å². The fraction of sp³-hybridized carbons (Fsp3) is 0.562. The van der Waals surface area contributed by atoms with Crippen LogP contribution in [0.1, 0.15) is 18.1 Å². The highest BCUT2D eigenvalue weighted by Gasteiger charge is 2.41. The lowest BCUT2D eigenvalue weighted by Gasteiger charge is -2.27. The summed E-state index contributed by atoms with van der Waals surface area (Å²) in [6.45, 7) is 2.26. The van der Waals surface area contributed by atoms with Crippen molar-refractivity contribution >= 4 is 17.5 Å². The first-order valence-corrected chi connectivity index (χ1v) is 8.34. The molecule has 126 valence electrons. The molecule has 1 amide bonds. The average Bonchev–Trinajstić information content (AvgIpc) is 2.99. The van der Waals surface area contributed by atoms with Gasteiger partial charge in [0.1, 0.15) is 6.04 Å². The Bertz CT molecular complexity index is 557. The van der Waals surface area contributed by atoms with Gasteiger partial charge in [0.15, 0.2) is 0 Å². The summed E-state index contributed by atoms with van der Waals surface area (Å²) >= 11 is 6.02. The molecule has 0 radical (unpaired) electrons. The second kappa shape index (κ2) is 7.59. The van der Waals surface area contributed by atoms with Gasteiger partial charge in [-0.2, -0.15) is 0 Å². The van der Waals surface area contributed by atoms with E-state index < -0.39 is 0 Å². The summed E-state index contributed by atoms with van der Waals surface area (Å²) in [4.78, 5) is 12.5. The van der Waals surface area contributed by atoms with Gasteiger partial charge in [-0.3, -0.25) is 10.2 Å². The van der Waals surface area contributed by atoms with E-state index in [1.54, 1.807) is 7.11 Å². The first-order valence-electron chi connectivity index (χ1n) is 7.97. The number of hydrazine groups is 1. The van der Waals surface area contributed by atoms with Crippen LogP contribution in [0.4, 0.5) is 0 Å². The number of ether oxygens (including phenoxy) is 1. The third-order valence-corrected chi connectivity index (χ3v) is 4.87. The van der Waals surface area contributed by atoms with E-state index in [4.69, 9.17) is 16.3 Å². The molecule has 1 aromatic rings.